The molecule has 7 atom stereocenters. The Hall–Kier alpha value is -1.11. The zero-order valence-corrected chi connectivity index (χ0v) is 16.5. The van der Waals surface area contributed by atoms with Gasteiger partial charge in [0.05, 0.1) is 0 Å². The van der Waals surface area contributed by atoms with Gasteiger partial charge in [-0.25, -0.2) is 0 Å². The largest absolute Gasteiger partial charge is 0.300 e. The van der Waals surface area contributed by atoms with Crippen LogP contribution in [0, 0.1) is 34.5 Å². The van der Waals surface area contributed by atoms with E-state index in [4.69, 9.17) is 0 Å². The number of benzene rings is 1. The van der Waals surface area contributed by atoms with Gasteiger partial charge in [0.1, 0.15) is 5.78 Å². The number of hydrogen-bond donors (Lipinski definition) is 0. The first kappa shape index (κ1) is 17.0. The van der Waals surface area contributed by atoms with Crippen LogP contribution >= 0.6 is 0 Å². The number of Topliss-reactive ketones (excluding diaryl/α,β-unsaturated/α-hetero) is 1. The Kier molecular flexibility index (Phi) is 3.89. The monoisotopic (exact) mass is 350 g/mol. The van der Waals surface area contributed by atoms with Gasteiger partial charge in [-0.15, -0.1) is 0 Å². The van der Waals surface area contributed by atoms with Gasteiger partial charge in [0.2, 0.25) is 0 Å². The summed E-state index contributed by atoms with van der Waals surface area (Å²) in [7, 11) is 0. The predicted molar refractivity (Wildman–Crippen MR) is 106 cm³/mol. The van der Waals surface area contributed by atoms with E-state index >= 15 is 0 Å². The Morgan fingerprint density at radius 2 is 1.62 bits per heavy atom. The van der Waals surface area contributed by atoms with E-state index in [1.54, 1.807) is 5.56 Å². The highest BCUT2D eigenvalue weighted by Crippen LogP contribution is 2.68. The van der Waals surface area contributed by atoms with Crippen LogP contribution in [0.3, 0.4) is 0 Å². The molecule has 140 valence electrons. The predicted octanol–water partition coefficient (Wildman–Crippen LogP) is 6.38. The van der Waals surface area contributed by atoms with Crippen LogP contribution in [-0.4, -0.2) is 5.78 Å². The second-order valence-corrected chi connectivity index (χ2v) is 10.5. The molecule has 0 saturated heterocycles. The first-order chi connectivity index (χ1) is 12.5. The van der Waals surface area contributed by atoms with Crippen LogP contribution in [0.25, 0.3) is 0 Å². The molecule has 1 heteroatoms. The molecule has 1 aromatic rings. The first-order valence-corrected chi connectivity index (χ1v) is 11.1. The van der Waals surface area contributed by atoms with Crippen molar-refractivity contribution in [2.75, 3.05) is 0 Å². The maximum Gasteiger partial charge on any atom is 0.133 e. The maximum atomic E-state index is 12.1. The standard InChI is InChI=1S/C25H34O/c1-24-14-12-19(26)16-18(24)8-9-20-22-11-10-21(17-6-4-3-5-7-17)25(22,2)15-13-23(20)24/h3-7,18,20-23H,8-16H2,1-2H3/t18-,20-,21+,22-,23-,24-,25+/m0/s1. The van der Waals surface area contributed by atoms with Gasteiger partial charge in [0.25, 0.3) is 0 Å². The van der Waals surface area contributed by atoms with E-state index < -0.39 is 0 Å². The molecule has 0 spiro atoms. The van der Waals surface area contributed by atoms with Gasteiger partial charge in [0, 0.05) is 12.8 Å². The lowest BCUT2D eigenvalue weighted by atomic mass is 9.44. The topological polar surface area (TPSA) is 17.1 Å². The molecule has 4 aliphatic rings. The van der Waals surface area contributed by atoms with Gasteiger partial charge < -0.3 is 0 Å². The fraction of sp³-hybridized carbons (Fsp3) is 0.720. The van der Waals surface area contributed by atoms with Gasteiger partial charge >= 0.3 is 0 Å². The third kappa shape index (κ3) is 2.31. The number of hydrogen-bond acceptors (Lipinski definition) is 1. The lowest BCUT2D eigenvalue weighted by Crippen LogP contribution is -2.53. The van der Waals surface area contributed by atoms with Gasteiger partial charge in [-0.05, 0) is 90.9 Å². The van der Waals surface area contributed by atoms with Crippen molar-refractivity contribution in [1.82, 2.24) is 0 Å². The summed E-state index contributed by atoms with van der Waals surface area (Å²) < 4.78 is 0. The van der Waals surface area contributed by atoms with Gasteiger partial charge in [0.15, 0.2) is 0 Å². The average molecular weight is 351 g/mol. The molecule has 26 heavy (non-hydrogen) atoms. The van der Waals surface area contributed by atoms with Crippen molar-refractivity contribution >= 4 is 5.78 Å². The van der Waals surface area contributed by atoms with E-state index in [1.807, 2.05) is 0 Å². The van der Waals surface area contributed by atoms with Gasteiger partial charge in [-0.1, -0.05) is 44.2 Å². The number of carbonyl (C=O) groups is 1. The quantitative estimate of drug-likeness (QED) is 0.574. The summed E-state index contributed by atoms with van der Waals surface area (Å²) in [4.78, 5) is 12.1. The Bertz CT molecular complexity index is 693. The highest BCUT2D eigenvalue weighted by molar-refractivity contribution is 5.79. The van der Waals surface area contributed by atoms with E-state index in [0.717, 1.165) is 36.5 Å². The van der Waals surface area contributed by atoms with Crippen LogP contribution in [0.2, 0.25) is 0 Å². The molecule has 4 saturated carbocycles. The van der Waals surface area contributed by atoms with E-state index in [9.17, 15) is 4.79 Å². The molecule has 0 aliphatic heterocycles. The normalized spacial score (nSPS) is 47.8. The number of ketones is 1. The van der Waals surface area contributed by atoms with Crippen molar-refractivity contribution in [2.45, 2.75) is 77.6 Å². The zero-order chi connectivity index (χ0) is 17.9. The van der Waals surface area contributed by atoms with E-state index in [0.29, 0.717) is 22.5 Å². The molecule has 0 bridgehead atoms. The molecule has 0 amide bonds. The molecular formula is C25H34O. The van der Waals surface area contributed by atoms with E-state index in [2.05, 4.69) is 44.2 Å². The summed E-state index contributed by atoms with van der Waals surface area (Å²) in [5, 5.41) is 0. The molecule has 5 rings (SSSR count). The van der Waals surface area contributed by atoms with Crippen LogP contribution in [0.5, 0.6) is 0 Å². The summed E-state index contributed by atoms with van der Waals surface area (Å²) >= 11 is 0. The number of rotatable bonds is 1. The summed E-state index contributed by atoms with van der Waals surface area (Å²) in [6, 6.07) is 11.3. The molecule has 0 radical (unpaired) electrons. The molecular weight excluding hydrogens is 316 g/mol. The average Bonchev–Trinajstić information content (AvgIpc) is 3.00. The third-order valence-electron chi connectivity index (χ3n) is 9.68. The minimum absolute atomic E-state index is 0.447. The maximum absolute atomic E-state index is 12.1. The Morgan fingerprint density at radius 3 is 2.42 bits per heavy atom. The highest BCUT2D eigenvalue weighted by Gasteiger charge is 2.60. The van der Waals surface area contributed by atoms with Crippen molar-refractivity contribution in [3.63, 3.8) is 0 Å². The van der Waals surface area contributed by atoms with Crippen LogP contribution in [-0.2, 0) is 4.79 Å². The SMILES string of the molecule is C[C@]12CCC(=O)C[C@@H]1CC[C@@H]1[C@@H]2CC[C@]2(C)[C@@H](c3ccccc3)CC[C@@H]12. The van der Waals surface area contributed by atoms with Crippen LogP contribution < -0.4 is 0 Å². The van der Waals surface area contributed by atoms with E-state index in [-0.39, 0.29) is 0 Å². The summed E-state index contributed by atoms with van der Waals surface area (Å²) in [5.74, 6) is 4.67. The van der Waals surface area contributed by atoms with Crippen molar-refractivity contribution in [3.05, 3.63) is 35.9 Å². The summed E-state index contributed by atoms with van der Waals surface area (Å²) in [5.41, 5.74) is 2.53. The zero-order valence-electron chi connectivity index (χ0n) is 16.5. The lowest BCUT2D eigenvalue weighted by Gasteiger charge is -2.60. The van der Waals surface area contributed by atoms with Crippen molar-refractivity contribution in [1.29, 1.82) is 0 Å². The molecule has 1 aromatic carbocycles. The fourth-order valence-electron chi connectivity index (χ4n) is 8.28. The molecule has 0 heterocycles. The molecule has 0 unspecified atom stereocenters. The molecule has 0 N–H and O–H groups in total. The smallest absolute Gasteiger partial charge is 0.133 e. The lowest BCUT2D eigenvalue weighted by molar-refractivity contribution is -0.138. The minimum atomic E-state index is 0.447. The Labute approximate surface area is 159 Å². The van der Waals surface area contributed by atoms with Gasteiger partial charge in [-0.2, -0.15) is 0 Å². The second-order valence-electron chi connectivity index (χ2n) is 10.5. The fourth-order valence-corrected chi connectivity index (χ4v) is 8.28. The minimum Gasteiger partial charge on any atom is -0.300 e. The van der Waals surface area contributed by atoms with Crippen molar-refractivity contribution in [3.8, 4) is 0 Å². The Balaban J connectivity index is 1.44. The van der Waals surface area contributed by atoms with Crippen LogP contribution in [0.4, 0.5) is 0 Å². The van der Waals surface area contributed by atoms with Crippen LogP contribution in [0.1, 0.15) is 83.1 Å². The summed E-state index contributed by atoms with van der Waals surface area (Å²) in [6.07, 6.45) is 11.2. The van der Waals surface area contributed by atoms with Gasteiger partial charge in [-0.3, -0.25) is 4.79 Å². The third-order valence-corrected chi connectivity index (χ3v) is 9.68. The first-order valence-electron chi connectivity index (χ1n) is 11.1. The molecule has 1 nitrogen and oxygen atoms in total. The molecule has 4 fully saturated rings. The van der Waals surface area contributed by atoms with Crippen LogP contribution in [0.15, 0.2) is 30.3 Å². The highest BCUT2D eigenvalue weighted by atomic mass is 16.1. The number of fused-ring (bicyclic) bond motifs is 5. The van der Waals surface area contributed by atoms with Crippen molar-refractivity contribution < 1.29 is 4.79 Å². The second kappa shape index (κ2) is 5.94. The summed E-state index contributed by atoms with van der Waals surface area (Å²) in [6.45, 7) is 5.19. The number of carbonyl (C=O) groups excluding carboxylic acids is 1. The Morgan fingerprint density at radius 1 is 0.846 bits per heavy atom. The van der Waals surface area contributed by atoms with E-state index in [1.165, 1.54) is 44.9 Å². The molecule has 4 aliphatic carbocycles. The van der Waals surface area contributed by atoms with Crippen molar-refractivity contribution in [2.24, 2.45) is 34.5 Å². The molecule has 0 aromatic heterocycles.